The zero-order chi connectivity index (χ0) is 8.55. The number of aromatic nitrogens is 2. The lowest BCUT2D eigenvalue weighted by molar-refractivity contribution is 0.112. The molecule has 12 heavy (non-hydrogen) atoms. The molecule has 0 saturated heterocycles. The first-order valence-corrected chi connectivity index (χ1v) is 3.39. The van der Waals surface area contributed by atoms with E-state index in [9.17, 15) is 9.18 Å². The zero-order valence-corrected chi connectivity index (χ0v) is 6.04. The van der Waals surface area contributed by atoms with E-state index in [-0.39, 0.29) is 11.1 Å². The average Bonchev–Trinajstić information content (AvgIpc) is 2.53. The highest BCUT2D eigenvalue weighted by Gasteiger charge is 2.06. The molecule has 0 aliphatic heterocycles. The molecule has 1 N–H and O–H groups in total. The minimum atomic E-state index is -0.542. The lowest BCUT2D eigenvalue weighted by atomic mass is 10.2. The summed E-state index contributed by atoms with van der Waals surface area (Å²) in [5, 5.41) is 6.80. The molecule has 3 nitrogen and oxygen atoms in total. The quantitative estimate of drug-likeness (QED) is 0.649. The Hall–Kier alpha value is -1.71. The molecule has 0 fully saturated rings. The van der Waals surface area contributed by atoms with Gasteiger partial charge in [0.05, 0.1) is 11.8 Å². The van der Waals surface area contributed by atoms with E-state index in [2.05, 4.69) is 10.2 Å². The van der Waals surface area contributed by atoms with Crippen molar-refractivity contribution in [2.75, 3.05) is 0 Å². The van der Waals surface area contributed by atoms with Crippen molar-refractivity contribution in [3.8, 4) is 0 Å². The number of carbonyl (C=O) groups excluding carboxylic acids is 1. The predicted octanol–water partition coefficient (Wildman–Crippen LogP) is 1.51. The van der Waals surface area contributed by atoms with Crippen LogP contribution in [0, 0.1) is 5.82 Å². The van der Waals surface area contributed by atoms with E-state index >= 15 is 0 Å². The first kappa shape index (κ1) is 6.97. The molecule has 0 saturated carbocycles. The van der Waals surface area contributed by atoms with Crippen molar-refractivity contribution in [2.24, 2.45) is 0 Å². The molecule has 2 aromatic rings. The van der Waals surface area contributed by atoms with Gasteiger partial charge in [-0.25, -0.2) is 4.39 Å². The molecule has 0 radical (unpaired) electrons. The summed E-state index contributed by atoms with van der Waals surface area (Å²) in [5.41, 5.74) is 0.325. The summed E-state index contributed by atoms with van der Waals surface area (Å²) >= 11 is 0. The molecular weight excluding hydrogens is 159 g/mol. The number of nitrogens with zero attached hydrogens (tertiary/aromatic N) is 1. The number of hydrogen-bond donors (Lipinski definition) is 1. The number of aromatic amines is 1. The normalized spacial score (nSPS) is 10.4. The van der Waals surface area contributed by atoms with Crippen LogP contribution in [0.5, 0.6) is 0 Å². The Kier molecular flexibility index (Phi) is 1.40. The standard InChI is InChI=1S/C8H5FN2O/c9-7-6(4-12)2-1-5-3-10-11-8(5)7/h1-4H,(H,10,11). The third kappa shape index (κ3) is 0.812. The smallest absolute Gasteiger partial charge is 0.159 e. The van der Waals surface area contributed by atoms with E-state index in [4.69, 9.17) is 0 Å². The van der Waals surface area contributed by atoms with Gasteiger partial charge in [0.25, 0.3) is 0 Å². The van der Waals surface area contributed by atoms with Gasteiger partial charge >= 0.3 is 0 Å². The first-order valence-electron chi connectivity index (χ1n) is 3.39. The molecule has 0 unspecified atom stereocenters. The van der Waals surface area contributed by atoms with Gasteiger partial charge in [-0.2, -0.15) is 5.10 Å². The maximum Gasteiger partial charge on any atom is 0.159 e. The van der Waals surface area contributed by atoms with Crippen LogP contribution >= 0.6 is 0 Å². The Morgan fingerprint density at radius 3 is 3.08 bits per heavy atom. The topological polar surface area (TPSA) is 45.8 Å². The monoisotopic (exact) mass is 164 g/mol. The number of carbonyl (C=O) groups is 1. The fraction of sp³-hybridized carbons (Fsp3) is 0. The molecule has 2 rings (SSSR count). The lowest BCUT2D eigenvalue weighted by Crippen LogP contribution is -1.87. The summed E-state index contributed by atoms with van der Waals surface area (Å²) in [6.07, 6.45) is 1.99. The Bertz CT molecular complexity index is 436. The van der Waals surface area contributed by atoms with Crippen molar-refractivity contribution in [3.05, 3.63) is 29.7 Å². The fourth-order valence-corrected chi connectivity index (χ4v) is 1.09. The summed E-state index contributed by atoms with van der Waals surface area (Å²) < 4.78 is 13.2. The Morgan fingerprint density at radius 2 is 2.33 bits per heavy atom. The number of aldehydes is 1. The molecule has 4 heteroatoms. The van der Waals surface area contributed by atoms with Crippen molar-refractivity contribution in [1.82, 2.24) is 10.2 Å². The summed E-state index contributed by atoms with van der Waals surface area (Å²) in [7, 11) is 0. The second-order valence-electron chi connectivity index (χ2n) is 2.42. The van der Waals surface area contributed by atoms with Crippen LogP contribution in [0.2, 0.25) is 0 Å². The molecule has 0 spiro atoms. The molecule has 1 aromatic carbocycles. The fourth-order valence-electron chi connectivity index (χ4n) is 1.09. The molecule has 0 bridgehead atoms. The van der Waals surface area contributed by atoms with Gasteiger partial charge in [0.15, 0.2) is 12.1 Å². The first-order chi connectivity index (χ1) is 5.83. The zero-order valence-electron chi connectivity index (χ0n) is 6.04. The third-order valence-electron chi connectivity index (χ3n) is 1.71. The van der Waals surface area contributed by atoms with Crippen LogP contribution < -0.4 is 0 Å². The van der Waals surface area contributed by atoms with E-state index in [1.54, 1.807) is 6.07 Å². The van der Waals surface area contributed by atoms with Crippen molar-refractivity contribution in [3.63, 3.8) is 0 Å². The second kappa shape index (κ2) is 2.41. The molecule has 0 aliphatic carbocycles. The van der Waals surface area contributed by atoms with Crippen molar-refractivity contribution in [2.45, 2.75) is 0 Å². The van der Waals surface area contributed by atoms with E-state index in [1.807, 2.05) is 0 Å². The number of benzene rings is 1. The van der Waals surface area contributed by atoms with Crippen molar-refractivity contribution in [1.29, 1.82) is 0 Å². The summed E-state index contributed by atoms with van der Waals surface area (Å²) in [4.78, 5) is 10.3. The van der Waals surface area contributed by atoms with Gasteiger partial charge in [-0.15, -0.1) is 0 Å². The minimum Gasteiger partial charge on any atom is -0.298 e. The number of fused-ring (bicyclic) bond motifs is 1. The highest BCUT2D eigenvalue weighted by atomic mass is 19.1. The Balaban J connectivity index is 2.86. The number of rotatable bonds is 1. The van der Waals surface area contributed by atoms with Crippen LogP contribution in [0.4, 0.5) is 4.39 Å². The summed E-state index contributed by atoms with van der Waals surface area (Å²) in [6, 6.07) is 3.08. The Labute approximate surface area is 67.2 Å². The van der Waals surface area contributed by atoms with Crippen LogP contribution in [-0.2, 0) is 0 Å². The SMILES string of the molecule is O=Cc1ccc2cn[nH]c2c1F. The van der Waals surface area contributed by atoms with Gasteiger partial charge < -0.3 is 0 Å². The minimum absolute atomic E-state index is 0.0479. The molecule has 0 aliphatic rings. The lowest BCUT2D eigenvalue weighted by Gasteiger charge is -1.93. The number of hydrogen-bond acceptors (Lipinski definition) is 2. The van der Waals surface area contributed by atoms with E-state index < -0.39 is 5.82 Å². The molecule has 0 amide bonds. The van der Waals surface area contributed by atoms with E-state index in [0.717, 1.165) is 0 Å². The number of nitrogens with one attached hydrogen (secondary N) is 1. The van der Waals surface area contributed by atoms with Crippen LogP contribution in [-0.4, -0.2) is 16.5 Å². The van der Waals surface area contributed by atoms with Gasteiger partial charge in [0.2, 0.25) is 0 Å². The van der Waals surface area contributed by atoms with Gasteiger partial charge in [-0.3, -0.25) is 9.89 Å². The largest absolute Gasteiger partial charge is 0.298 e. The number of H-pyrrole nitrogens is 1. The Morgan fingerprint density at radius 1 is 1.50 bits per heavy atom. The predicted molar refractivity (Wildman–Crippen MR) is 41.4 cm³/mol. The van der Waals surface area contributed by atoms with Crippen LogP contribution in [0.3, 0.4) is 0 Å². The van der Waals surface area contributed by atoms with Gasteiger partial charge in [0, 0.05) is 5.39 Å². The second-order valence-corrected chi connectivity index (χ2v) is 2.42. The van der Waals surface area contributed by atoms with Gasteiger partial charge in [0.1, 0.15) is 5.52 Å². The van der Waals surface area contributed by atoms with Crippen LogP contribution in [0.25, 0.3) is 10.9 Å². The summed E-state index contributed by atoms with van der Waals surface area (Å²) in [6.45, 7) is 0. The van der Waals surface area contributed by atoms with Crippen molar-refractivity contribution < 1.29 is 9.18 Å². The summed E-state index contributed by atoms with van der Waals surface area (Å²) in [5.74, 6) is -0.542. The molecular formula is C8H5FN2O. The van der Waals surface area contributed by atoms with Crippen LogP contribution in [0.1, 0.15) is 10.4 Å². The van der Waals surface area contributed by atoms with Crippen molar-refractivity contribution >= 4 is 17.2 Å². The van der Waals surface area contributed by atoms with Crippen LogP contribution in [0.15, 0.2) is 18.3 Å². The molecule has 60 valence electrons. The maximum atomic E-state index is 13.2. The van der Waals surface area contributed by atoms with Gasteiger partial charge in [-0.1, -0.05) is 6.07 Å². The van der Waals surface area contributed by atoms with E-state index in [0.29, 0.717) is 11.7 Å². The highest BCUT2D eigenvalue weighted by Crippen LogP contribution is 2.16. The van der Waals surface area contributed by atoms with Gasteiger partial charge in [-0.05, 0) is 6.07 Å². The third-order valence-corrected chi connectivity index (χ3v) is 1.71. The molecule has 0 atom stereocenters. The molecule has 1 heterocycles. The number of halogens is 1. The average molecular weight is 164 g/mol. The molecule has 1 aromatic heterocycles. The van der Waals surface area contributed by atoms with E-state index in [1.165, 1.54) is 12.3 Å². The highest BCUT2D eigenvalue weighted by molar-refractivity contribution is 5.86. The maximum absolute atomic E-state index is 13.2.